The van der Waals surface area contributed by atoms with E-state index in [1.54, 1.807) is 6.07 Å². The van der Waals surface area contributed by atoms with E-state index in [2.05, 4.69) is 4.74 Å². The monoisotopic (exact) mass is 572 g/mol. The van der Waals surface area contributed by atoms with E-state index in [0.29, 0.717) is 42.6 Å². The minimum atomic E-state index is -4.73. The lowest BCUT2D eigenvalue weighted by molar-refractivity contribution is -0.189. The van der Waals surface area contributed by atoms with Crippen LogP contribution in [0.5, 0.6) is 5.75 Å². The maximum Gasteiger partial charge on any atom is 0.432 e. The van der Waals surface area contributed by atoms with Crippen LogP contribution >= 0.6 is 0 Å². The van der Waals surface area contributed by atoms with Crippen molar-refractivity contribution < 1.29 is 44.6 Å². The van der Waals surface area contributed by atoms with E-state index in [1.807, 2.05) is 6.92 Å². The van der Waals surface area contributed by atoms with E-state index in [9.17, 15) is 35.1 Å². The third-order valence-electron chi connectivity index (χ3n) is 7.25. The summed E-state index contributed by atoms with van der Waals surface area (Å²) in [6.07, 6.45) is 1.09. The number of ether oxygens (including phenoxy) is 2. The summed E-state index contributed by atoms with van der Waals surface area (Å²) >= 11 is 0. The molecule has 0 atom stereocenters. The SMILES string of the molecule is CCOCC1CCC(CCc2ccc(-c3cc(F)c(C(F)(F)Oc4cc(F)c(F)c(F)c4)c(F)c3)c(F)c2)CC1. The highest BCUT2D eigenvalue weighted by atomic mass is 19.3. The van der Waals surface area contributed by atoms with Crippen molar-refractivity contribution in [2.24, 2.45) is 11.8 Å². The van der Waals surface area contributed by atoms with E-state index in [1.165, 1.54) is 12.1 Å². The largest absolute Gasteiger partial charge is 0.432 e. The Labute approximate surface area is 226 Å². The Morgan fingerprint density at radius 1 is 0.750 bits per heavy atom. The zero-order chi connectivity index (χ0) is 29.0. The first-order chi connectivity index (χ1) is 19.0. The second kappa shape index (κ2) is 12.6. The molecule has 0 N–H and O–H groups in total. The van der Waals surface area contributed by atoms with Gasteiger partial charge in [-0.25, -0.2) is 26.3 Å². The molecule has 4 rings (SSSR count). The Morgan fingerprint density at radius 2 is 1.35 bits per heavy atom. The molecule has 1 fully saturated rings. The van der Waals surface area contributed by atoms with Gasteiger partial charge in [-0.1, -0.05) is 25.0 Å². The predicted octanol–water partition coefficient (Wildman–Crippen LogP) is 9.09. The predicted molar refractivity (Wildman–Crippen MR) is 133 cm³/mol. The second-order valence-electron chi connectivity index (χ2n) is 10.0. The van der Waals surface area contributed by atoms with Crippen molar-refractivity contribution >= 4 is 0 Å². The molecule has 0 aliphatic heterocycles. The van der Waals surface area contributed by atoms with Crippen LogP contribution in [0.3, 0.4) is 0 Å². The molecule has 1 aliphatic rings. The van der Waals surface area contributed by atoms with Crippen molar-refractivity contribution in [1.29, 1.82) is 0 Å². The van der Waals surface area contributed by atoms with Crippen LogP contribution in [0.1, 0.15) is 50.2 Å². The third kappa shape index (κ3) is 6.95. The van der Waals surface area contributed by atoms with Gasteiger partial charge >= 0.3 is 6.11 Å². The summed E-state index contributed by atoms with van der Waals surface area (Å²) in [5.41, 5.74) is -1.68. The third-order valence-corrected chi connectivity index (χ3v) is 7.25. The number of aryl methyl sites for hydroxylation is 1. The zero-order valence-corrected chi connectivity index (χ0v) is 21.7. The Kier molecular flexibility index (Phi) is 9.38. The lowest BCUT2D eigenvalue weighted by atomic mass is 9.80. The van der Waals surface area contributed by atoms with Gasteiger partial charge in [0, 0.05) is 30.9 Å². The summed E-state index contributed by atoms with van der Waals surface area (Å²) in [5, 5.41) is 0. The lowest BCUT2D eigenvalue weighted by Crippen LogP contribution is -2.25. The molecule has 3 aromatic rings. The molecule has 10 heteroatoms. The molecule has 40 heavy (non-hydrogen) atoms. The standard InChI is InChI=1S/C30H28F8O2/c1-2-39-16-19-7-4-17(5-8-19)3-6-18-9-10-22(23(31)11-18)20-12-24(32)28(25(33)13-20)30(37,38)40-21-14-26(34)29(36)27(35)15-21/h9-15,17,19H,2-8,16H2,1H3. The van der Waals surface area contributed by atoms with E-state index < -0.39 is 52.3 Å². The van der Waals surface area contributed by atoms with Gasteiger partial charge < -0.3 is 9.47 Å². The van der Waals surface area contributed by atoms with Crippen molar-refractivity contribution in [1.82, 2.24) is 0 Å². The molecule has 1 aliphatic carbocycles. The smallest absolute Gasteiger partial charge is 0.429 e. The zero-order valence-electron chi connectivity index (χ0n) is 21.7. The van der Waals surface area contributed by atoms with Crippen LogP contribution in [0.25, 0.3) is 11.1 Å². The fraction of sp³-hybridized carbons (Fsp3) is 0.400. The first kappa shape index (κ1) is 29.8. The van der Waals surface area contributed by atoms with Crippen LogP contribution in [0.2, 0.25) is 0 Å². The van der Waals surface area contributed by atoms with E-state index in [-0.39, 0.29) is 23.3 Å². The highest BCUT2D eigenvalue weighted by Crippen LogP contribution is 2.38. The van der Waals surface area contributed by atoms with Crippen molar-refractivity contribution in [3.05, 3.63) is 88.5 Å². The molecule has 0 saturated heterocycles. The molecular formula is C30H28F8O2. The van der Waals surface area contributed by atoms with Crippen LogP contribution in [-0.2, 0) is 17.3 Å². The molecule has 0 bridgehead atoms. The van der Waals surface area contributed by atoms with Crippen LogP contribution < -0.4 is 4.74 Å². The Balaban J connectivity index is 1.45. The fourth-order valence-corrected chi connectivity index (χ4v) is 5.09. The normalized spacial score (nSPS) is 17.7. The minimum absolute atomic E-state index is 0.112. The van der Waals surface area contributed by atoms with Gasteiger partial charge in [0.15, 0.2) is 17.5 Å². The van der Waals surface area contributed by atoms with Crippen LogP contribution in [-0.4, -0.2) is 13.2 Å². The quantitative estimate of drug-likeness (QED) is 0.178. The molecule has 3 aromatic carbocycles. The molecule has 216 valence electrons. The average molecular weight is 573 g/mol. The number of rotatable bonds is 10. The van der Waals surface area contributed by atoms with E-state index in [0.717, 1.165) is 38.7 Å². The fourth-order valence-electron chi connectivity index (χ4n) is 5.09. The second-order valence-corrected chi connectivity index (χ2v) is 10.0. The average Bonchev–Trinajstić information content (AvgIpc) is 2.89. The summed E-state index contributed by atoms with van der Waals surface area (Å²) in [6.45, 7) is 3.45. The summed E-state index contributed by atoms with van der Waals surface area (Å²) < 4.78 is 123. The molecule has 0 aromatic heterocycles. The first-order valence-corrected chi connectivity index (χ1v) is 13.1. The van der Waals surface area contributed by atoms with Gasteiger partial charge in [-0.15, -0.1) is 0 Å². The Hall–Kier alpha value is -3.14. The van der Waals surface area contributed by atoms with Gasteiger partial charge in [0.2, 0.25) is 0 Å². The molecule has 1 saturated carbocycles. The maximum absolute atomic E-state index is 14.9. The minimum Gasteiger partial charge on any atom is -0.429 e. The summed E-state index contributed by atoms with van der Waals surface area (Å²) in [5.74, 6) is -10.0. The van der Waals surface area contributed by atoms with Crippen molar-refractivity contribution in [2.75, 3.05) is 13.2 Å². The topological polar surface area (TPSA) is 18.5 Å². The van der Waals surface area contributed by atoms with Crippen LogP contribution in [0.4, 0.5) is 35.1 Å². The number of hydrogen-bond acceptors (Lipinski definition) is 2. The van der Waals surface area contributed by atoms with Crippen molar-refractivity contribution in [3.63, 3.8) is 0 Å². The number of alkyl halides is 2. The Morgan fingerprint density at radius 3 is 1.93 bits per heavy atom. The van der Waals surface area contributed by atoms with E-state index in [4.69, 9.17) is 4.74 Å². The van der Waals surface area contributed by atoms with Crippen molar-refractivity contribution in [2.45, 2.75) is 51.6 Å². The van der Waals surface area contributed by atoms with Gasteiger partial charge in [-0.05, 0) is 73.8 Å². The van der Waals surface area contributed by atoms with Gasteiger partial charge in [-0.3, -0.25) is 0 Å². The highest BCUT2D eigenvalue weighted by molar-refractivity contribution is 5.65. The molecule has 0 radical (unpaired) electrons. The summed E-state index contributed by atoms with van der Waals surface area (Å²) in [7, 11) is 0. The molecule has 0 heterocycles. The summed E-state index contributed by atoms with van der Waals surface area (Å²) in [4.78, 5) is 0. The summed E-state index contributed by atoms with van der Waals surface area (Å²) in [6, 6.07) is 5.46. The number of benzene rings is 3. The van der Waals surface area contributed by atoms with Gasteiger partial charge in [-0.2, -0.15) is 8.78 Å². The van der Waals surface area contributed by atoms with Gasteiger partial charge in [0.25, 0.3) is 0 Å². The maximum atomic E-state index is 14.9. The number of hydrogen-bond donors (Lipinski definition) is 0. The first-order valence-electron chi connectivity index (χ1n) is 13.1. The molecule has 0 spiro atoms. The highest BCUT2D eigenvalue weighted by Gasteiger charge is 2.41. The van der Waals surface area contributed by atoms with Crippen LogP contribution in [0.15, 0.2) is 42.5 Å². The number of halogens is 8. The van der Waals surface area contributed by atoms with E-state index >= 15 is 0 Å². The molecular weight excluding hydrogens is 544 g/mol. The molecule has 0 unspecified atom stereocenters. The van der Waals surface area contributed by atoms with Gasteiger partial charge in [0.1, 0.15) is 28.8 Å². The van der Waals surface area contributed by atoms with Gasteiger partial charge in [0.05, 0.1) is 0 Å². The van der Waals surface area contributed by atoms with Crippen LogP contribution in [0, 0.1) is 46.7 Å². The Bertz CT molecular complexity index is 1290. The van der Waals surface area contributed by atoms with Crippen molar-refractivity contribution in [3.8, 4) is 16.9 Å². The molecule has 0 amide bonds. The lowest BCUT2D eigenvalue weighted by Gasteiger charge is -2.28. The molecule has 2 nitrogen and oxygen atoms in total.